The number of carbonyl (C=O) groups excluding carboxylic acids is 2. The van der Waals surface area contributed by atoms with Gasteiger partial charge in [0, 0.05) is 5.92 Å². The summed E-state index contributed by atoms with van der Waals surface area (Å²) in [5, 5.41) is 0. The summed E-state index contributed by atoms with van der Waals surface area (Å²) in [6.45, 7) is 3.56. The molecule has 0 N–H and O–H groups in total. The predicted molar refractivity (Wildman–Crippen MR) is 51.2 cm³/mol. The molecule has 0 bridgehead atoms. The molecule has 0 saturated carbocycles. The molecule has 0 saturated heterocycles. The predicted octanol–water partition coefficient (Wildman–Crippen LogP) is 0.864. The van der Waals surface area contributed by atoms with Gasteiger partial charge in [-0.05, 0) is 11.6 Å². The third-order valence-electron chi connectivity index (χ3n) is 1.95. The summed E-state index contributed by atoms with van der Waals surface area (Å²) in [6, 6.07) is 0. The van der Waals surface area contributed by atoms with E-state index in [9.17, 15) is 9.59 Å². The quantitative estimate of drug-likeness (QED) is 0.376. The number of rotatable bonds is 3. The van der Waals surface area contributed by atoms with Gasteiger partial charge in [0.2, 0.25) is 0 Å². The number of hydrogen-bond donors (Lipinski definition) is 0. The van der Waals surface area contributed by atoms with Gasteiger partial charge < -0.3 is 4.74 Å². The van der Waals surface area contributed by atoms with E-state index in [1.165, 1.54) is 6.08 Å². The molecule has 72 valence electrons. The van der Waals surface area contributed by atoms with Gasteiger partial charge in [-0.3, -0.25) is 9.59 Å². The largest absolute Gasteiger partial charge is 0.452 e. The molecule has 3 heteroatoms. The molecule has 1 rings (SSSR count). The smallest absolute Gasteiger partial charge is 0.307 e. The summed E-state index contributed by atoms with van der Waals surface area (Å²) < 4.78 is 4.68. The highest BCUT2D eigenvalue weighted by atomic mass is 16.5. The Bertz CT molecular complexity index is 344. The van der Waals surface area contributed by atoms with Crippen molar-refractivity contribution in [3.05, 3.63) is 24.3 Å². The molecule has 0 aromatic carbocycles. The van der Waals surface area contributed by atoms with E-state index in [0.717, 1.165) is 0 Å². The Morgan fingerprint density at radius 2 is 2.43 bits per heavy atom. The third-order valence-corrected chi connectivity index (χ3v) is 1.95. The Labute approximate surface area is 82.4 Å². The second-order valence-electron chi connectivity index (χ2n) is 2.92. The number of esters is 1. The molecule has 0 fully saturated rings. The lowest BCUT2D eigenvalue weighted by atomic mass is 10.0. The van der Waals surface area contributed by atoms with Crippen LogP contribution in [0.2, 0.25) is 0 Å². The van der Waals surface area contributed by atoms with Gasteiger partial charge in [0.1, 0.15) is 0 Å². The van der Waals surface area contributed by atoms with Crippen LogP contribution in [-0.2, 0) is 14.3 Å². The molecule has 0 aromatic rings. The highest BCUT2D eigenvalue weighted by Crippen LogP contribution is 2.23. The van der Waals surface area contributed by atoms with Crippen LogP contribution in [0.1, 0.15) is 6.42 Å². The van der Waals surface area contributed by atoms with Crippen molar-refractivity contribution in [2.45, 2.75) is 6.42 Å². The van der Waals surface area contributed by atoms with Gasteiger partial charge in [-0.2, -0.15) is 0 Å². The van der Waals surface area contributed by atoms with Crippen molar-refractivity contribution in [3.8, 4) is 12.3 Å². The number of allylic oxidation sites excluding steroid dienone is 3. The molecule has 1 aliphatic rings. The van der Waals surface area contributed by atoms with E-state index >= 15 is 0 Å². The zero-order valence-electron chi connectivity index (χ0n) is 7.66. The Morgan fingerprint density at radius 3 is 2.93 bits per heavy atom. The Balaban J connectivity index is 2.43. The lowest BCUT2D eigenvalue weighted by Gasteiger charge is -2.07. The highest BCUT2D eigenvalue weighted by Gasteiger charge is 2.23. The molecule has 1 aliphatic carbocycles. The van der Waals surface area contributed by atoms with Crippen LogP contribution in [-0.4, -0.2) is 18.4 Å². The minimum Gasteiger partial charge on any atom is -0.452 e. The Hall–Kier alpha value is -1.82. The average molecular weight is 190 g/mol. The second kappa shape index (κ2) is 4.43. The monoisotopic (exact) mass is 190 g/mol. The summed E-state index contributed by atoms with van der Waals surface area (Å²) >= 11 is 0. The van der Waals surface area contributed by atoms with Gasteiger partial charge in [-0.15, -0.1) is 6.42 Å². The summed E-state index contributed by atoms with van der Waals surface area (Å²) in [4.78, 5) is 22.1. The lowest BCUT2D eigenvalue weighted by molar-refractivity contribution is -0.142. The van der Waals surface area contributed by atoms with Crippen LogP contribution in [0.5, 0.6) is 0 Å². The summed E-state index contributed by atoms with van der Waals surface area (Å²) in [5.41, 5.74) is 0.433. The summed E-state index contributed by atoms with van der Waals surface area (Å²) in [5.74, 6) is 1.43. The summed E-state index contributed by atoms with van der Waals surface area (Å²) in [6.07, 6.45) is 8.12. The van der Waals surface area contributed by atoms with Crippen LogP contribution in [0, 0.1) is 18.3 Å². The van der Waals surface area contributed by atoms with Crippen LogP contribution in [0.3, 0.4) is 0 Å². The molecular weight excluding hydrogens is 180 g/mol. The fraction of sp³-hybridized carbons (Fsp3) is 0.273. The van der Waals surface area contributed by atoms with Gasteiger partial charge in [0.15, 0.2) is 12.4 Å². The van der Waals surface area contributed by atoms with Crippen molar-refractivity contribution < 1.29 is 14.3 Å². The van der Waals surface area contributed by atoms with Crippen LogP contribution < -0.4 is 0 Å². The first kappa shape index (κ1) is 10.3. The number of ketones is 1. The van der Waals surface area contributed by atoms with E-state index in [4.69, 9.17) is 6.42 Å². The first-order chi connectivity index (χ1) is 6.65. The zero-order chi connectivity index (χ0) is 10.6. The van der Waals surface area contributed by atoms with Crippen molar-refractivity contribution in [1.82, 2.24) is 0 Å². The molecule has 3 nitrogen and oxygen atoms in total. The number of hydrogen-bond acceptors (Lipinski definition) is 3. The van der Waals surface area contributed by atoms with E-state index < -0.39 is 5.97 Å². The van der Waals surface area contributed by atoms with Crippen molar-refractivity contribution in [3.63, 3.8) is 0 Å². The maximum Gasteiger partial charge on any atom is 0.307 e. The maximum atomic E-state index is 11.1. The van der Waals surface area contributed by atoms with Crippen molar-refractivity contribution in [2.24, 2.45) is 5.92 Å². The van der Waals surface area contributed by atoms with E-state index in [1.54, 1.807) is 6.08 Å². The van der Waals surface area contributed by atoms with Gasteiger partial charge in [0.05, 0.1) is 6.42 Å². The minimum atomic E-state index is -0.409. The standard InChI is InChI=1S/C11H10O3/c1-3-6-14-11(13)7-9-4-5-10(12)8(9)2/h1,4-5,9H,2,6-7H2. The van der Waals surface area contributed by atoms with Crippen LogP contribution in [0.4, 0.5) is 0 Å². The molecule has 0 amide bonds. The van der Waals surface area contributed by atoms with Crippen molar-refractivity contribution in [1.29, 1.82) is 0 Å². The number of terminal acetylenes is 1. The molecule has 0 spiro atoms. The van der Waals surface area contributed by atoms with E-state index in [0.29, 0.717) is 5.57 Å². The molecule has 0 aromatic heterocycles. The minimum absolute atomic E-state index is 0.0321. The van der Waals surface area contributed by atoms with E-state index in [2.05, 4.69) is 17.2 Å². The number of ether oxygens (including phenoxy) is 1. The average Bonchev–Trinajstić information content (AvgIpc) is 2.46. The van der Waals surface area contributed by atoms with Crippen LogP contribution in [0.15, 0.2) is 24.3 Å². The highest BCUT2D eigenvalue weighted by molar-refractivity contribution is 6.07. The maximum absolute atomic E-state index is 11.1. The van der Waals surface area contributed by atoms with E-state index in [-0.39, 0.29) is 24.7 Å². The molecule has 14 heavy (non-hydrogen) atoms. The zero-order valence-corrected chi connectivity index (χ0v) is 7.66. The first-order valence-corrected chi connectivity index (χ1v) is 4.15. The van der Waals surface area contributed by atoms with Gasteiger partial charge in [-0.1, -0.05) is 18.6 Å². The Morgan fingerprint density at radius 1 is 1.71 bits per heavy atom. The van der Waals surface area contributed by atoms with Gasteiger partial charge in [-0.25, -0.2) is 0 Å². The first-order valence-electron chi connectivity index (χ1n) is 4.15. The lowest BCUT2D eigenvalue weighted by Crippen LogP contribution is -2.11. The Kier molecular flexibility index (Phi) is 3.24. The second-order valence-corrected chi connectivity index (χ2v) is 2.92. The molecule has 0 radical (unpaired) electrons. The van der Waals surface area contributed by atoms with Crippen molar-refractivity contribution >= 4 is 11.8 Å². The fourth-order valence-corrected chi connectivity index (χ4v) is 1.16. The molecule has 0 heterocycles. The molecule has 1 unspecified atom stereocenters. The molecular formula is C11H10O3. The van der Waals surface area contributed by atoms with Crippen LogP contribution in [0.25, 0.3) is 0 Å². The molecule has 1 atom stereocenters. The normalized spacial score (nSPS) is 19.5. The van der Waals surface area contributed by atoms with Crippen LogP contribution >= 0.6 is 0 Å². The van der Waals surface area contributed by atoms with Gasteiger partial charge in [0.25, 0.3) is 0 Å². The van der Waals surface area contributed by atoms with E-state index in [1.807, 2.05) is 0 Å². The number of carbonyl (C=O) groups is 2. The van der Waals surface area contributed by atoms with Gasteiger partial charge >= 0.3 is 5.97 Å². The summed E-state index contributed by atoms with van der Waals surface area (Å²) in [7, 11) is 0. The fourth-order valence-electron chi connectivity index (χ4n) is 1.16. The van der Waals surface area contributed by atoms with Crippen molar-refractivity contribution in [2.75, 3.05) is 6.61 Å². The SMILES string of the molecule is C#CCOC(=O)CC1C=CC(=O)C1=C. The molecule has 0 aliphatic heterocycles. The third kappa shape index (κ3) is 2.33. The topological polar surface area (TPSA) is 43.4 Å².